The van der Waals surface area contributed by atoms with Crippen LogP contribution in [0, 0.1) is 0 Å². The van der Waals surface area contributed by atoms with Crippen LogP contribution in [0.2, 0.25) is 0 Å². The summed E-state index contributed by atoms with van der Waals surface area (Å²) in [6.45, 7) is 0.786. The van der Waals surface area contributed by atoms with Gasteiger partial charge in [0.05, 0.1) is 23.6 Å². The Labute approximate surface area is 133 Å². The Bertz CT molecular complexity index is 905. The number of hydrogen-bond donors (Lipinski definition) is 1. The molecule has 1 atom stereocenters. The summed E-state index contributed by atoms with van der Waals surface area (Å²) in [5.74, 6) is 0.674. The maximum Gasteiger partial charge on any atom is 0.260 e. The summed E-state index contributed by atoms with van der Waals surface area (Å²) >= 11 is 0. The number of rotatable bonds is 5. The third kappa shape index (κ3) is 2.91. The standard InChI is InChI=1S/C17H19N3O3/c1-20-16-7-12(23-10-11(18)9-22-2)3-4-14(16)13-5-6-19-8-15(13)17(20)21/h3-8,11H,9-10,18H2,1-2H3/t11-/m0/s1. The molecular formula is C17H19N3O3. The third-order valence-electron chi connectivity index (χ3n) is 3.82. The second kappa shape index (κ2) is 6.36. The quantitative estimate of drug-likeness (QED) is 0.721. The van der Waals surface area contributed by atoms with Crippen molar-refractivity contribution >= 4 is 21.7 Å². The molecule has 120 valence electrons. The largest absolute Gasteiger partial charge is 0.492 e. The Hall–Kier alpha value is -2.44. The smallest absolute Gasteiger partial charge is 0.260 e. The number of nitrogens with zero attached hydrogens (tertiary/aromatic N) is 2. The highest BCUT2D eigenvalue weighted by molar-refractivity contribution is 6.05. The predicted molar refractivity (Wildman–Crippen MR) is 89.8 cm³/mol. The SMILES string of the molecule is COC[C@H](N)COc1ccc2c3ccncc3c(=O)n(C)c2c1. The highest BCUT2D eigenvalue weighted by atomic mass is 16.5. The number of methoxy groups -OCH3 is 1. The van der Waals surface area contributed by atoms with Crippen molar-refractivity contribution in [3.8, 4) is 5.75 Å². The van der Waals surface area contributed by atoms with Crippen LogP contribution in [0.15, 0.2) is 41.5 Å². The van der Waals surface area contributed by atoms with Crippen molar-refractivity contribution in [2.45, 2.75) is 6.04 Å². The molecule has 0 aliphatic carbocycles. The second-order valence-corrected chi connectivity index (χ2v) is 5.49. The molecule has 0 amide bonds. The molecule has 0 aliphatic rings. The van der Waals surface area contributed by atoms with Gasteiger partial charge in [0.2, 0.25) is 0 Å². The molecule has 6 heteroatoms. The number of nitrogens with two attached hydrogens (primary N) is 1. The minimum Gasteiger partial charge on any atom is -0.492 e. The van der Waals surface area contributed by atoms with Crippen LogP contribution in [0.4, 0.5) is 0 Å². The molecule has 0 unspecified atom stereocenters. The van der Waals surface area contributed by atoms with Crippen molar-refractivity contribution in [2.24, 2.45) is 12.8 Å². The second-order valence-electron chi connectivity index (χ2n) is 5.49. The van der Waals surface area contributed by atoms with Crippen LogP contribution in [0.3, 0.4) is 0 Å². The van der Waals surface area contributed by atoms with Gasteiger partial charge in [-0.25, -0.2) is 0 Å². The van der Waals surface area contributed by atoms with Gasteiger partial charge >= 0.3 is 0 Å². The highest BCUT2D eigenvalue weighted by Gasteiger charge is 2.10. The van der Waals surface area contributed by atoms with Gasteiger partial charge in [-0.2, -0.15) is 0 Å². The normalized spacial score (nSPS) is 12.7. The minimum absolute atomic E-state index is 0.0752. The average molecular weight is 313 g/mol. The van der Waals surface area contributed by atoms with E-state index in [0.29, 0.717) is 24.3 Å². The van der Waals surface area contributed by atoms with Crippen molar-refractivity contribution in [1.29, 1.82) is 0 Å². The van der Waals surface area contributed by atoms with Gasteiger partial charge in [-0.05, 0) is 23.6 Å². The molecule has 23 heavy (non-hydrogen) atoms. The van der Waals surface area contributed by atoms with Gasteiger partial charge in [-0.15, -0.1) is 0 Å². The van der Waals surface area contributed by atoms with E-state index in [-0.39, 0.29) is 11.6 Å². The van der Waals surface area contributed by atoms with Crippen molar-refractivity contribution in [3.05, 3.63) is 47.0 Å². The van der Waals surface area contributed by atoms with Crippen LogP contribution in [-0.2, 0) is 11.8 Å². The minimum atomic E-state index is -0.192. The predicted octanol–water partition coefficient (Wildman–Crippen LogP) is 1.44. The summed E-state index contributed by atoms with van der Waals surface area (Å²) in [6.07, 6.45) is 3.29. The molecule has 0 saturated heterocycles. The van der Waals surface area contributed by atoms with Crippen molar-refractivity contribution in [1.82, 2.24) is 9.55 Å². The summed E-state index contributed by atoms with van der Waals surface area (Å²) < 4.78 is 12.3. The van der Waals surface area contributed by atoms with E-state index in [9.17, 15) is 4.79 Å². The van der Waals surface area contributed by atoms with Gasteiger partial charge in [-0.3, -0.25) is 9.78 Å². The first-order chi connectivity index (χ1) is 11.1. The van der Waals surface area contributed by atoms with Gasteiger partial charge in [0.1, 0.15) is 12.4 Å². The Morgan fingerprint density at radius 3 is 2.83 bits per heavy atom. The maximum absolute atomic E-state index is 12.5. The summed E-state index contributed by atoms with van der Waals surface area (Å²) in [7, 11) is 3.35. The lowest BCUT2D eigenvalue weighted by molar-refractivity contribution is 0.153. The topological polar surface area (TPSA) is 79.4 Å². The Balaban J connectivity index is 2.05. The number of aryl methyl sites for hydroxylation is 1. The van der Waals surface area contributed by atoms with Crippen molar-refractivity contribution in [2.75, 3.05) is 20.3 Å². The highest BCUT2D eigenvalue weighted by Crippen LogP contribution is 2.25. The first-order valence-corrected chi connectivity index (χ1v) is 7.35. The van der Waals surface area contributed by atoms with Crippen LogP contribution in [-0.4, -0.2) is 35.9 Å². The molecule has 0 bridgehead atoms. The maximum atomic E-state index is 12.5. The Kier molecular flexibility index (Phi) is 4.27. The molecule has 3 rings (SSSR count). The molecule has 2 N–H and O–H groups in total. The van der Waals surface area contributed by atoms with Crippen LogP contribution in [0.25, 0.3) is 21.7 Å². The van der Waals surface area contributed by atoms with E-state index in [1.165, 1.54) is 0 Å². The number of benzene rings is 1. The Morgan fingerprint density at radius 2 is 2.04 bits per heavy atom. The fourth-order valence-electron chi connectivity index (χ4n) is 2.66. The van der Waals surface area contributed by atoms with E-state index in [0.717, 1.165) is 16.3 Å². The number of fused-ring (bicyclic) bond motifs is 3. The number of pyridine rings is 2. The fourth-order valence-corrected chi connectivity index (χ4v) is 2.66. The first-order valence-electron chi connectivity index (χ1n) is 7.35. The van der Waals surface area contributed by atoms with Crippen LogP contribution < -0.4 is 16.0 Å². The molecule has 2 heterocycles. The van der Waals surface area contributed by atoms with E-state index in [4.69, 9.17) is 15.2 Å². The lowest BCUT2D eigenvalue weighted by atomic mass is 10.1. The van der Waals surface area contributed by atoms with Gasteiger partial charge in [0.15, 0.2) is 0 Å². The van der Waals surface area contributed by atoms with Crippen molar-refractivity contribution in [3.63, 3.8) is 0 Å². The van der Waals surface area contributed by atoms with Gasteiger partial charge in [0.25, 0.3) is 5.56 Å². The summed E-state index contributed by atoms with van der Waals surface area (Å²) in [4.78, 5) is 16.5. The van der Waals surface area contributed by atoms with Gasteiger partial charge in [-0.1, -0.05) is 0 Å². The van der Waals surface area contributed by atoms with E-state index < -0.39 is 0 Å². The lowest BCUT2D eigenvalue weighted by Crippen LogP contribution is -2.32. The molecule has 3 aromatic rings. The average Bonchev–Trinajstić information content (AvgIpc) is 2.58. The summed E-state index contributed by atoms with van der Waals surface area (Å²) in [5.41, 5.74) is 6.60. The molecule has 0 fully saturated rings. The first kappa shape index (κ1) is 15.5. The summed E-state index contributed by atoms with van der Waals surface area (Å²) in [5, 5.41) is 2.48. The van der Waals surface area contributed by atoms with E-state index >= 15 is 0 Å². The fraction of sp³-hybridized carbons (Fsp3) is 0.294. The molecule has 0 aliphatic heterocycles. The molecule has 0 radical (unpaired) electrons. The molecule has 0 saturated carbocycles. The van der Waals surface area contributed by atoms with Crippen molar-refractivity contribution < 1.29 is 9.47 Å². The zero-order valence-corrected chi connectivity index (χ0v) is 13.2. The van der Waals surface area contributed by atoms with Crippen LogP contribution in [0.1, 0.15) is 0 Å². The van der Waals surface area contributed by atoms with Gasteiger partial charge in [0, 0.05) is 38.0 Å². The molecule has 1 aromatic carbocycles. The Morgan fingerprint density at radius 1 is 1.22 bits per heavy atom. The third-order valence-corrected chi connectivity index (χ3v) is 3.82. The van der Waals surface area contributed by atoms with E-state index in [1.807, 2.05) is 24.3 Å². The molecular weight excluding hydrogens is 294 g/mol. The molecule has 6 nitrogen and oxygen atoms in total. The molecule has 2 aromatic heterocycles. The van der Waals surface area contributed by atoms with E-state index in [2.05, 4.69) is 4.98 Å². The van der Waals surface area contributed by atoms with Gasteiger partial charge < -0.3 is 19.8 Å². The van der Waals surface area contributed by atoms with Crippen LogP contribution in [0.5, 0.6) is 5.75 Å². The molecule has 0 spiro atoms. The van der Waals surface area contributed by atoms with Crippen LogP contribution >= 0.6 is 0 Å². The zero-order valence-electron chi connectivity index (χ0n) is 13.2. The number of ether oxygens (including phenoxy) is 2. The lowest BCUT2D eigenvalue weighted by Gasteiger charge is -2.14. The monoisotopic (exact) mass is 313 g/mol. The summed E-state index contributed by atoms with van der Waals surface area (Å²) in [6, 6.07) is 7.35. The number of aromatic nitrogens is 2. The number of hydrogen-bond acceptors (Lipinski definition) is 5. The van der Waals surface area contributed by atoms with E-state index in [1.54, 1.807) is 31.1 Å². The zero-order chi connectivity index (χ0) is 16.4.